The zero-order valence-corrected chi connectivity index (χ0v) is 11.6. The molecule has 0 aliphatic rings. The maximum atomic E-state index is 5.72. The highest BCUT2D eigenvalue weighted by molar-refractivity contribution is 5.74. The van der Waals surface area contributed by atoms with Crippen molar-refractivity contribution in [3.63, 3.8) is 0 Å². The molecule has 0 radical (unpaired) electrons. The SMILES string of the molecule is CCC(CC)CC(NN)c1ccc2nccnc2c1. The number of nitrogens with two attached hydrogens (primary N) is 1. The van der Waals surface area contributed by atoms with Crippen LogP contribution in [0.1, 0.15) is 44.7 Å². The lowest BCUT2D eigenvalue weighted by Gasteiger charge is -2.21. The highest BCUT2D eigenvalue weighted by Gasteiger charge is 2.15. The minimum atomic E-state index is 0.177. The number of nitrogens with zero attached hydrogens (tertiary/aromatic N) is 2. The molecular formula is C15H22N4. The third-order valence-electron chi connectivity index (χ3n) is 3.82. The van der Waals surface area contributed by atoms with E-state index in [2.05, 4.69) is 41.4 Å². The number of hydrogen-bond donors (Lipinski definition) is 2. The second-order valence-electron chi connectivity index (χ2n) is 4.94. The van der Waals surface area contributed by atoms with Crippen LogP contribution in [0.5, 0.6) is 0 Å². The highest BCUT2D eigenvalue weighted by atomic mass is 15.2. The first kappa shape index (κ1) is 13.9. The molecule has 4 nitrogen and oxygen atoms in total. The maximum absolute atomic E-state index is 5.72. The molecule has 2 rings (SSSR count). The summed E-state index contributed by atoms with van der Waals surface area (Å²) in [6.45, 7) is 4.46. The van der Waals surface area contributed by atoms with Crippen LogP contribution in [0.4, 0.5) is 0 Å². The monoisotopic (exact) mass is 258 g/mol. The Bertz CT molecular complexity index is 522. The molecule has 102 valence electrons. The van der Waals surface area contributed by atoms with Gasteiger partial charge in [0.05, 0.1) is 11.0 Å². The third-order valence-corrected chi connectivity index (χ3v) is 3.82. The molecule has 1 heterocycles. The maximum Gasteiger partial charge on any atom is 0.0890 e. The Morgan fingerprint density at radius 3 is 2.42 bits per heavy atom. The van der Waals surface area contributed by atoms with Gasteiger partial charge in [-0.3, -0.25) is 21.2 Å². The predicted molar refractivity (Wildman–Crippen MR) is 78.3 cm³/mol. The van der Waals surface area contributed by atoms with Crippen molar-refractivity contribution in [1.29, 1.82) is 0 Å². The lowest BCUT2D eigenvalue weighted by molar-refractivity contribution is 0.375. The fraction of sp³-hybridized carbons (Fsp3) is 0.467. The number of rotatable bonds is 6. The van der Waals surface area contributed by atoms with E-state index in [1.807, 2.05) is 6.07 Å². The number of fused-ring (bicyclic) bond motifs is 1. The molecule has 3 N–H and O–H groups in total. The minimum Gasteiger partial charge on any atom is -0.271 e. The molecule has 0 amide bonds. The number of hydrogen-bond acceptors (Lipinski definition) is 4. The summed E-state index contributed by atoms with van der Waals surface area (Å²) in [5.74, 6) is 6.41. The zero-order chi connectivity index (χ0) is 13.7. The van der Waals surface area contributed by atoms with Crippen LogP contribution in [-0.2, 0) is 0 Å². The van der Waals surface area contributed by atoms with Crippen LogP contribution < -0.4 is 11.3 Å². The topological polar surface area (TPSA) is 63.8 Å². The fourth-order valence-corrected chi connectivity index (χ4v) is 2.45. The zero-order valence-electron chi connectivity index (χ0n) is 11.6. The number of hydrazine groups is 1. The Morgan fingerprint density at radius 1 is 1.11 bits per heavy atom. The number of nitrogens with one attached hydrogen (secondary N) is 1. The van der Waals surface area contributed by atoms with Crippen LogP contribution >= 0.6 is 0 Å². The Balaban J connectivity index is 2.24. The van der Waals surface area contributed by atoms with E-state index < -0.39 is 0 Å². The molecule has 0 aliphatic heterocycles. The van der Waals surface area contributed by atoms with Gasteiger partial charge in [-0.25, -0.2) is 0 Å². The molecule has 2 aromatic rings. The Hall–Kier alpha value is -1.52. The van der Waals surface area contributed by atoms with Crippen molar-refractivity contribution in [3.05, 3.63) is 36.2 Å². The van der Waals surface area contributed by atoms with Gasteiger partial charge in [0.2, 0.25) is 0 Å². The second kappa shape index (κ2) is 6.59. The van der Waals surface area contributed by atoms with Gasteiger partial charge in [0, 0.05) is 18.4 Å². The summed E-state index contributed by atoms with van der Waals surface area (Å²) in [5, 5.41) is 0. The Labute approximate surface area is 114 Å². The molecule has 0 saturated carbocycles. The molecule has 19 heavy (non-hydrogen) atoms. The molecule has 1 atom stereocenters. The number of benzene rings is 1. The average Bonchev–Trinajstić information content (AvgIpc) is 2.48. The van der Waals surface area contributed by atoms with Crippen LogP contribution in [0, 0.1) is 5.92 Å². The molecular weight excluding hydrogens is 236 g/mol. The molecule has 1 aromatic heterocycles. The summed E-state index contributed by atoms with van der Waals surface area (Å²) in [6.07, 6.45) is 6.85. The van der Waals surface area contributed by atoms with E-state index in [0.717, 1.165) is 17.5 Å². The van der Waals surface area contributed by atoms with Crippen molar-refractivity contribution < 1.29 is 0 Å². The highest BCUT2D eigenvalue weighted by Crippen LogP contribution is 2.26. The van der Waals surface area contributed by atoms with E-state index in [-0.39, 0.29) is 6.04 Å². The van der Waals surface area contributed by atoms with E-state index in [0.29, 0.717) is 5.92 Å². The first-order chi connectivity index (χ1) is 9.28. The van der Waals surface area contributed by atoms with E-state index in [9.17, 15) is 0 Å². The van der Waals surface area contributed by atoms with Gasteiger partial charge < -0.3 is 0 Å². The van der Waals surface area contributed by atoms with Crippen molar-refractivity contribution in [2.45, 2.75) is 39.2 Å². The summed E-state index contributed by atoms with van der Waals surface area (Å²) in [4.78, 5) is 8.63. The number of aromatic nitrogens is 2. The molecule has 0 saturated heterocycles. The van der Waals surface area contributed by atoms with Gasteiger partial charge in [0.25, 0.3) is 0 Å². The minimum absolute atomic E-state index is 0.177. The van der Waals surface area contributed by atoms with Crippen molar-refractivity contribution in [1.82, 2.24) is 15.4 Å². The van der Waals surface area contributed by atoms with Crippen molar-refractivity contribution in [2.24, 2.45) is 11.8 Å². The summed E-state index contributed by atoms with van der Waals surface area (Å²) in [7, 11) is 0. The molecule has 0 fully saturated rings. The summed E-state index contributed by atoms with van der Waals surface area (Å²) < 4.78 is 0. The van der Waals surface area contributed by atoms with Gasteiger partial charge in [-0.2, -0.15) is 0 Å². The Morgan fingerprint density at radius 2 is 1.79 bits per heavy atom. The summed E-state index contributed by atoms with van der Waals surface area (Å²) in [5.41, 5.74) is 5.96. The van der Waals surface area contributed by atoms with Gasteiger partial charge in [-0.1, -0.05) is 32.8 Å². The lowest BCUT2D eigenvalue weighted by Crippen LogP contribution is -2.29. The van der Waals surface area contributed by atoms with Crippen LogP contribution in [0.3, 0.4) is 0 Å². The van der Waals surface area contributed by atoms with Crippen molar-refractivity contribution >= 4 is 11.0 Å². The van der Waals surface area contributed by atoms with Crippen LogP contribution in [-0.4, -0.2) is 9.97 Å². The smallest absolute Gasteiger partial charge is 0.0890 e. The largest absolute Gasteiger partial charge is 0.271 e. The molecule has 4 heteroatoms. The standard InChI is InChI=1S/C15H22N4/c1-3-11(4-2)9-14(19-16)12-5-6-13-15(10-12)18-8-7-17-13/h5-8,10-11,14,19H,3-4,9,16H2,1-2H3. The van der Waals surface area contributed by atoms with E-state index >= 15 is 0 Å². The van der Waals surface area contributed by atoms with E-state index in [1.54, 1.807) is 12.4 Å². The third kappa shape index (κ3) is 3.28. The Kier molecular flexibility index (Phi) is 4.82. The van der Waals surface area contributed by atoms with E-state index in [4.69, 9.17) is 5.84 Å². The molecule has 0 spiro atoms. The average molecular weight is 258 g/mol. The summed E-state index contributed by atoms with van der Waals surface area (Å²) in [6, 6.07) is 6.35. The van der Waals surface area contributed by atoms with Gasteiger partial charge in [-0.05, 0) is 30.0 Å². The van der Waals surface area contributed by atoms with Crippen molar-refractivity contribution in [2.75, 3.05) is 0 Å². The first-order valence-electron chi connectivity index (χ1n) is 6.95. The van der Waals surface area contributed by atoms with Gasteiger partial charge in [0.1, 0.15) is 0 Å². The van der Waals surface area contributed by atoms with E-state index in [1.165, 1.54) is 18.4 Å². The molecule has 1 unspecified atom stereocenters. The quantitative estimate of drug-likeness (QED) is 0.617. The van der Waals surface area contributed by atoms with Gasteiger partial charge >= 0.3 is 0 Å². The lowest BCUT2D eigenvalue weighted by atomic mass is 9.91. The van der Waals surface area contributed by atoms with Crippen molar-refractivity contribution in [3.8, 4) is 0 Å². The van der Waals surface area contributed by atoms with Crippen LogP contribution in [0.15, 0.2) is 30.6 Å². The van der Waals surface area contributed by atoms with Crippen LogP contribution in [0.25, 0.3) is 11.0 Å². The fourth-order valence-electron chi connectivity index (χ4n) is 2.45. The summed E-state index contributed by atoms with van der Waals surface area (Å²) >= 11 is 0. The van der Waals surface area contributed by atoms with Crippen LogP contribution in [0.2, 0.25) is 0 Å². The normalized spacial score (nSPS) is 13.1. The molecule has 1 aromatic carbocycles. The molecule has 0 bridgehead atoms. The first-order valence-corrected chi connectivity index (χ1v) is 6.95. The predicted octanol–water partition coefficient (Wildman–Crippen LogP) is 2.96. The van der Waals surface area contributed by atoms with Gasteiger partial charge in [0.15, 0.2) is 0 Å². The van der Waals surface area contributed by atoms with Gasteiger partial charge in [-0.15, -0.1) is 0 Å². The molecule has 0 aliphatic carbocycles. The second-order valence-corrected chi connectivity index (χ2v) is 4.94.